The van der Waals surface area contributed by atoms with E-state index in [0.717, 1.165) is 29.1 Å². The predicted octanol–water partition coefficient (Wildman–Crippen LogP) is 7.40. The molecule has 0 aromatic heterocycles. The summed E-state index contributed by atoms with van der Waals surface area (Å²) in [5.41, 5.74) is 6.66. The third-order valence-electron chi connectivity index (χ3n) is 5.55. The van der Waals surface area contributed by atoms with Crippen molar-refractivity contribution in [1.82, 2.24) is 0 Å². The summed E-state index contributed by atoms with van der Waals surface area (Å²) >= 11 is 2.30. The van der Waals surface area contributed by atoms with Crippen LogP contribution in [0.2, 0.25) is 0 Å². The van der Waals surface area contributed by atoms with Gasteiger partial charge in [-0.3, -0.25) is 10.0 Å². The number of hydrogen-bond donors (Lipinski definition) is 0. The highest BCUT2D eigenvalue weighted by Crippen LogP contribution is 2.36. The first kappa shape index (κ1) is 20.6. The van der Waals surface area contributed by atoms with Crippen molar-refractivity contribution in [3.8, 4) is 0 Å². The Morgan fingerprint density at radius 2 is 1.44 bits per heavy atom. The zero-order chi connectivity index (χ0) is 21.8. The number of nitrogens with zero attached hydrogens (tertiary/aromatic N) is 3. The van der Waals surface area contributed by atoms with Gasteiger partial charge in [-0.05, 0) is 75.7 Å². The van der Waals surface area contributed by atoms with Gasteiger partial charge in [0.25, 0.3) is 0 Å². The fraction of sp³-hybridized carbons (Fsp3) is 0.0714. The number of hydrogen-bond acceptors (Lipinski definition) is 3. The fourth-order valence-corrected chi connectivity index (χ4v) is 4.24. The van der Waals surface area contributed by atoms with Crippen molar-refractivity contribution in [3.63, 3.8) is 0 Å². The van der Waals surface area contributed by atoms with Crippen LogP contribution in [0.5, 0.6) is 0 Å². The van der Waals surface area contributed by atoms with Gasteiger partial charge in [-0.15, -0.1) is 0 Å². The van der Waals surface area contributed by atoms with E-state index in [1.165, 1.54) is 14.7 Å². The van der Waals surface area contributed by atoms with Crippen LogP contribution >= 0.6 is 22.6 Å². The van der Waals surface area contributed by atoms with E-state index in [-0.39, 0.29) is 6.04 Å². The lowest BCUT2D eigenvalue weighted by Gasteiger charge is -2.24. The van der Waals surface area contributed by atoms with E-state index in [0.29, 0.717) is 0 Å². The van der Waals surface area contributed by atoms with Crippen molar-refractivity contribution < 1.29 is 0 Å². The third-order valence-corrected chi connectivity index (χ3v) is 6.27. The van der Waals surface area contributed by atoms with Gasteiger partial charge in [0.2, 0.25) is 0 Å². The SMILES string of the molecule is Ic1ccc(N=Cc2ccc(N3N=C(c4ccccc4)CC3c3ccccc3)cc2)cc1. The topological polar surface area (TPSA) is 28.0 Å². The molecule has 3 nitrogen and oxygen atoms in total. The van der Waals surface area contributed by atoms with E-state index in [2.05, 4.69) is 124 Å². The standard InChI is InChI=1S/C28H22IN3/c29-24-13-15-25(16-14-24)30-20-21-11-17-26(18-12-21)32-28(23-9-5-2-6-10-23)19-27(31-32)22-7-3-1-4-8-22/h1-18,20,28H,19H2. The van der Waals surface area contributed by atoms with E-state index in [1.54, 1.807) is 0 Å². The smallest absolute Gasteiger partial charge is 0.0831 e. The van der Waals surface area contributed by atoms with Crippen LogP contribution in [-0.4, -0.2) is 11.9 Å². The molecule has 0 amide bonds. The van der Waals surface area contributed by atoms with E-state index >= 15 is 0 Å². The summed E-state index contributed by atoms with van der Waals surface area (Å²) in [7, 11) is 0. The molecule has 0 fully saturated rings. The summed E-state index contributed by atoms with van der Waals surface area (Å²) in [5.74, 6) is 0. The zero-order valence-corrected chi connectivity index (χ0v) is 19.6. The average molecular weight is 527 g/mol. The lowest BCUT2D eigenvalue weighted by atomic mass is 9.98. The molecule has 1 aliphatic rings. The van der Waals surface area contributed by atoms with Gasteiger partial charge in [-0.2, -0.15) is 5.10 Å². The molecule has 4 heteroatoms. The Labute approximate surface area is 202 Å². The van der Waals surface area contributed by atoms with Crippen LogP contribution in [0, 0.1) is 3.57 Å². The maximum absolute atomic E-state index is 5.03. The van der Waals surface area contributed by atoms with Gasteiger partial charge in [0, 0.05) is 16.2 Å². The first-order chi connectivity index (χ1) is 15.8. The molecule has 4 aromatic rings. The van der Waals surface area contributed by atoms with E-state index in [4.69, 9.17) is 5.10 Å². The lowest BCUT2D eigenvalue weighted by Crippen LogP contribution is -2.18. The molecule has 0 radical (unpaired) electrons. The monoisotopic (exact) mass is 527 g/mol. The van der Waals surface area contributed by atoms with Gasteiger partial charge in [-0.1, -0.05) is 72.8 Å². The van der Waals surface area contributed by atoms with Gasteiger partial charge in [-0.25, -0.2) is 0 Å². The largest absolute Gasteiger partial charge is 0.257 e. The summed E-state index contributed by atoms with van der Waals surface area (Å²) in [4.78, 5) is 4.59. The molecule has 0 spiro atoms. The summed E-state index contributed by atoms with van der Waals surface area (Å²) < 4.78 is 1.21. The molecule has 0 saturated heterocycles. The minimum Gasteiger partial charge on any atom is -0.257 e. The van der Waals surface area contributed by atoms with E-state index in [9.17, 15) is 0 Å². The summed E-state index contributed by atoms with van der Waals surface area (Å²) in [6.07, 6.45) is 2.79. The molecule has 0 saturated carbocycles. The number of rotatable bonds is 5. The van der Waals surface area contributed by atoms with Gasteiger partial charge in [0.1, 0.15) is 0 Å². The summed E-state index contributed by atoms with van der Waals surface area (Å²) in [6, 6.07) is 37.9. The average Bonchev–Trinajstić information content (AvgIpc) is 3.31. The Hall–Kier alpha value is -3.25. The predicted molar refractivity (Wildman–Crippen MR) is 142 cm³/mol. The highest BCUT2D eigenvalue weighted by molar-refractivity contribution is 14.1. The van der Waals surface area contributed by atoms with E-state index in [1.807, 2.05) is 24.4 Å². The van der Waals surface area contributed by atoms with Crippen LogP contribution in [-0.2, 0) is 0 Å². The fourth-order valence-electron chi connectivity index (χ4n) is 3.88. The van der Waals surface area contributed by atoms with Crippen LogP contribution in [0.25, 0.3) is 0 Å². The van der Waals surface area contributed by atoms with Crippen molar-refractivity contribution >= 4 is 45.9 Å². The molecule has 0 bridgehead atoms. The molecule has 5 rings (SSSR count). The Kier molecular flexibility index (Phi) is 6.12. The quantitative estimate of drug-likeness (QED) is 0.196. The van der Waals surface area contributed by atoms with Crippen LogP contribution in [0.3, 0.4) is 0 Å². The van der Waals surface area contributed by atoms with Crippen LogP contribution in [0.4, 0.5) is 11.4 Å². The minimum atomic E-state index is 0.178. The van der Waals surface area contributed by atoms with Crippen molar-refractivity contribution in [1.29, 1.82) is 0 Å². The minimum absolute atomic E-state index is 0.178. The number of hydrazone groups is 1. The molecule has 1 heterocycles. The van der Waals surface area contributed by atoms with Crippen molar-refractivity contribution in [2.45, 2.75) is 12.5 Å². The number of halogens is 1. The van der Waals surface area contributed by atoms with Crippen LogP contribution in [0.1, 0.15) is 29.2 Å². The van der Waals surface area contributed by atoms with Crippen LogP contribution < -0.4 is 5.01 Å². The number of aliphatic imine (C=N–C) groups is 1. The third kappa shape index (κ3) is 4.65. The van der Waals surface area contributed by atoms with Gasteiger partial charge >= 0.3 is 0 Å². The maximum Gasteiger partial charge on any atom is 0.0831 e. The molecular weight excluding hydrogens is 505 g/mol. The highest BCUT2D eigenvalue weighted by Gasteiger charge is 2.29. The Balaban J connectivity index is 1.42. The summed E-state index contributed by atoms with van der Waals surface area (Å²) in [6.45, 7) is 0. The van der Waals surface area contributed by atoms with E-state index < -0.39 is 0 Å². The number of anilines is 1. The van der Waals surface area contributed by atoms with Gasteiger partial charge in [0.15, 0.2) is 0 Å². The maximum atomic E-state index is 5.03. The second-order valence-electron chi connectivity index (χ2n) is 7.71. The van der Waals surface area contributed by atoms with Crippen molar-refractivity contribution in [2.75, 3.05) is 5.01 Å². The normalized spacial score (nSPS) is 15.8. The highest BCUT2D eigenvalue weighted by atomic mass is 127. The van der Waals surface area contributed by atoms with Gasteiger partial charge < -0.3 is 0 Å². The second-order valence-corrected chi connectivity index (χ2v) is 8.96. The van der Waals surface area contributed by atoms with Crippen molar-refractivity contribution in [2.24, 2.45) is 10.1 Å². The molecule has 32 heavy (non-hydrogen) atoms. The Bertz CT molecular complexity index is 1230. The number of benzene rings is 4. The first-order valence-electron chi connectivity index (χ1n) is 10.6. The molecule has 0 N–H and O–H groups in total. The molecule has 1 aliphatic heterocycles. The molecule has 1 unspecified atom stereocenters. The molecule has 156 valence electrons. The lowest BCUT2D eigenvalue weighted by molar-refractivity contribution is 0.709. The Morgan fingerprint density at radius 1 is 0.781 bits per heavy atom. The van der Waals surface area contributed by atoms with Gasteiger partial charge in [0.05, 0.1) is 23.1 Å². The zero-order valence-electron chi connectivity index (χ0n) is 17.5. The molecule has 1 atom stereocenters. The molecule has 0 aliphatic carbocycles. The summed E-state index contributed by atoms with van der Waals surface area (Å²) in [5, 5.41) is 7.18. The molecule has 4 aromatic carbocycles. The first-order valence-corrected chi connectivity index (χ1v) is 11.7. The Morgan fingerprint density at radius 3 is 2.12 bits per heavy atom. The van der Waals surface area contributed by atoms with Crippen molar-refractivity contribution in [3.05, 3.63) is 129 Å². The van der Waals surface area contributed by atoms with Crippen LogP contribution in [0.15, 0.2) is 119 Å². The molecular formula is C28H22IN3. The second kappa shape index (κ2) is 9.49.